The van der Waals surface area contributed by atoms with Crippen molar-refractivity contribution in [3.8, 4) is 0 Å². The molecule has 0 atom stereocenters. The van der Waals surface area contributed by atoms with E-state index in [9.17, 15) is 14.4 Å². The summed E-state index contributed by atoms with van der Waals surface area (Å²) >= 11 is 0. The number of anilines is 2. The van der Waals surface area contributed by atoms with E-state index in [2.05, 4.69) is 10.6 Å². The summed E-state index contributed by atoms with van der Waals surface area (Å²) in [6.45, 7) is 4.43. The van der Waals surface area contributed by atoms with Crippen molar-refractivity contribution >= 4 is 35.2 Å². The van der Waals surface area contributed by atoms with Crippen molar-refractivity contribution in [2.24, 2.45) is 0 Å². The molecule has 0 unspecified atom stereocenters. The zero-order valence-corrected chi connectivity index (χ0v) is 18.6. The van der Waals surface area contributed by atoms with Gasteiger partial charge in [-0.1, -0.05) is 18.2 Å². The third-order valence-electron chi connectivity index (χ3n) is 5.53. The summed E-state index contributed by atoms with van der Waals surface area (Å²) < 4.78 is 5.33. The first kappa shape index (κ1) is 22.1. The zero-order chi connectivity index (χ0) is 23.4. The minimum absolute atomic E-state index is 0.0506. The first-order chi connectivity index (χ1) is 15.9. The molecule has 3 amide bonds. The van der Waals surface area contributed by atoms with Gasteiger partial charge in [0.1, 0.15) is 11.5 Å². The van der Waals surface area contributed by atoms with Crippen LogP contribution < -0.4 is 15.5 Å². The van der Waals surface area contributed by atoms with Gasteiger partial charge in [-0.25, -0.2) is 0 Å². The van der Waals surface area contributed by atoms with Crippen LogP contribution in [-0.4, -0.2) is 24.3 Å². The molecule has 7 heteroatoms. The number of rotatable bonds is 6. The minimum atomic E-state index is -0.488. The summed E-state index contributed by atoms with van der Waals surface area (Å²) in [4.78, 5) is 39.8. The molecule has 0 bridgehead atoms. The average Bonchev–Trinajstić information content (AvgIpc) is 3.45. The zero-order valence-electron chi connectivity index (χ0n) is 18.6. The Balaban J connectivity index is 1.56. The predicted octanol–water partition coefficient (Wildman–Crippen LogP) is 4.43. The molecule has 1 aliphatic heterocycles. The number of furan rings is 1. The Morgan fingerprint density at radius 1 is 1.03 bits per heavy atom. The Hall–Kier alpha value is -4.13. The van der Waals surface area contributed by atoms with Gasteiger partial charge in [0.05, 0.1) is 6.26 Å². The van der Waals surface area contributed by atoms with Crippen LogP contribution in [0.5, 0.6) is 0 Å². The number of hydrogen-bond donors (Lipinski definition) is 2. The summed E-state index contributed by atoms with van der Waals surface area (Å²) in [6.07, 6.45) is 4.37. The van der Waals surface area contributed by atoms with Crippen molar-refractivity contribution < 1.29 is 18.8 Å². The van der Waals surface area contributed by atoms with Crippen molar-refractivity contribution in [2.75, 3.05) is 16.8 Å². The molecular formula is C26H25N3O4. The lowest BCUT2D eigenvalue weighted by molar-refractivity contribution is -0.117. The lowest BCUT2D eigenvalue weighted by atomic mass is 10.1. The van der Waals surface area contributed by atoms with Crippen LogP contribution in [0.4, 0.5) is 11.4 Å². The summed E-state index contributed by atoms with van der Waals surface area (Å²) in [6, 6.07) is 15.9. The van der Waals surface area contributed by atoms with Crippen LogP contribution in [0.15, 0.2) is 71.0 Å². The first-order valence-corrected chi connectivity index (χ1v) is 10.8. The Morgan fingerprint density at radius 3 is 2.52 bits per heavy atom. The van der Waals surface area contributed by atoms with Crippen molar-refractivity contribution in [2.45, 2.75) is 26.7 Å². The summed E-state index contributed by atoms with van der Waals surface area (Å²) in [7, 11) is 0. The molecule has 1 fully saturated rings. The highest BCUT2D eigenvalue weighted by molar-refractivity contribution is 6.11. The van der Waals surface area contributed by atoms with Gasteiger partial charge in [0, 0.05) is 36.0 Å². The third-order valence-corrected chi connectivity index (χ3v) is 5.53. The number of amides is 3. The maximum Gasteiger partial charge on any atom is 0.272 e. The minimum Gasteiger partial charge on any atom is -0.465 e. The van der Waals surface area contributed by atoms with Crippen LogP contribution in [-0.2, 0) is 9.59 Å². The molecule has 0 aliphatic carbocycles. The average molecular weight is 444 g/mol. The number of benzene rings is 2. The van der Waals surface area contributed by atoms with Crippen molar-refractivity contribution in [3.63, 3.8) is 0 Å². The van der Waals surface area contributed by atoms with Crippen LogP contribution in [0.2, 0.25) is 0 Å². The molecule has 7 nitrogen and oxygen atoms in total. The van der Waals surface area contributed by atoms with Gasteiger partial charge >= 0.3 is 0 Å². The van der Waals surface area contributed by atoms with Gasteiger partial charge in [0.15, 0.2) is 0 Å². The van der Waals surface area contributed by atoms with E-state index in [1.165, 1.54) is 12.3 Å². The normalized spacial score (nSPS) is 13.8. The van der Waals surface area contributed by atoms with Gasteiger partial charge < -0.3 is 20.0 Å². The highest BCUT2D eigenvalue weighted by Crippen LogP contribution is 2.27. The van der Waals surface area contributed by atoms with Gasteiger partial charge in [-0.05, 0) is 67.8 Å². The second kappa shape index (κ2) is 9.56. The van der Waals surface area contributed by atoms with Gasteiger partial charge in [-0.3, -0.25) is 14.4 Å². The molecule has 0 spiro atoms. The maximum atomic E-state index is 13.1. The second-order valence-corrected chi connectivity index (χ2v) is 7.95. The van der Waals surface area contributed by atoms with Gasteiger partial charge in [0.25, 0.3) is 11.8 Å². The lowest BCUT2D eigenvalue weighted by Crippen LogP contribution is -2.31. The highest BCUT2D eigenvalue weighted by atomic mass is 16.3. The van der Waals surface area contributed by atoms with E-state index in [4.69, 9.17) is 4.42 Å². The molecule has 2 heterocycles. The Bertz CT molecular complexity index is 1230. The number of hydrogen-bond acceptors (Lipinski definition) is 4. The van der Waals surface area contributed by atoms with E-state index < -0.39 is 5.91 Å². The van der Waals surface area contributed by atoms with Gasteiger partial charge in [-0.2, -0.15) is 0 Å². The largest absolute Gasteiger partial charge is 0.465 e. The Morgan fingerprint density at radius 2 is 1.85 bits per heavy atom. The highest BCUT2D eigenvalue weighted by Gasteiger charge is 2.23. The maximum absolute atomic E-state index is 13.1. The fourth-order valence-corrected chi connectivity index (χ4v) is 3.83. The molecule has 4 rings (SSSR count). The second-order valence-electron chi connectivity index (χ2n) is 7.95. The molecule has 1 saturated heterocycles. The molecule has 3 aromatic rings. The van der Waals surface area contributed by atoms with E-state index in [1.807, 2.05) is 38.1 Å². The SMILES string of the molecule is Cc1ccccc1C(=O)N/C(=C\c1ccco1)C(=O)Nc1ccc(N2CCCC2=O)c(C)c1. The molecule has 2 aromatic carbocycles. The van der Waals surface area contributed by atoms with Crippen molar-refractivity contribution in [3.05, 3.63) is 89.0 Å². The smallest absolute Gasteiger partial charge is 0.272 e. The third kappa shape index (κ3) is 5.03. The molecule has 2 N–H and O–H groups in total. The standard InChI is InChI=1S/C26H25N3O4/c1-17-7-3-4-9-21(17)25(31)28-22(16-20-8-6-14-33-20)26(32)27-19-11-12-23(18(2)15-19)29-13-5-10-24(29)30/h3-4,6-9,11-12,14-16H,5,10,13H2,1-2H3,(H,27,32)(H,28,31)/b22-16-. The van der Waals surface area contributed by atoms with Crippen LogP contribution in [0.1, 0.15) is 40.1 Å². The monoisotopic (exact) mass is 443 g/mol. The summed E-state index contributed by atoms with van der Waals surface area (Å²) in [5.74, 6) is -0.334. The predicted molar refractivity (Wildman–Crippen MR) is 127 cm³/mol. The number of aryl methyl sites for hydroxylation is 2. The van der Waals surface area contributed by atoms with E-state index in [1.54, 1.807) is 35.2 Å². The summed E-state index contributed by atoms with van der Waals surface area (Å²) in [5.41, 5.74) is 3.61. The van der Waals surface area contributed by atoms with E-state index in [0.717, 1.165) is 23.2 Å². The number of carbonyl (C=O) groups excluding carboxylic acids is 3. The van der Waals surface area contributed by atoms with Gasteiger partial charge in [0.2, 0.25) is 5.91 Å². The molecule has 0 saturated carbocycles. The molecule has 0 radical (unpaired) electrons. The van der Waals surface area contributed by atoms with E-state index in [-0.39, 0.29) is 17.5 Å². The number of nitrogens with zero attached hydrogens (tertiary/aromatic N) is 1. The molecule has 33 heavy (non-hydrogen) atoms. The first-order valence-electron chi connectivity index (χ1n) is 10.8. The topological polar surface area (TPSA) is 91.7 Å². The van der Waals surface area contributed by atoms with Crippen molar-refractivity contribution in [1.29, 1.82) is 0 Å². The van der Waals surface area contributed by atoms with Crippen LogP contribution >= 0.6 is 0 Å². The lowest BCUT2D eigenvalue weighted by Gasteiger charge is -2.19. The fraction of sp³-hybridized carbons (Fsp3) is 0.192. The van der Waals surface area contributed by atoms with Crippen LogP contribution in [0.3, 0.4) is 0 Å². The van der Waals surface area contributed by atoms with Crippen molar-refractivity contribution in [1.82, 2.24) is 5.32 Å². The Kier molecular flexibility index (Phi) is 6.40. The van der Waals surface area contributed by atoms with Crippen LogP contribution in [0.25, 0.3) is 6.08 Å². The fourth-order valence-electron chi connectivity index (χ4n) is 3.83. The van der Waals surface area contributed by atoms with E-state index >= 15 is 0 Å². The van der Waals surface area contributed by atoms with Gasteiger partial charge in [-0.15, -0.1) is 0 Å². The molecule has 1 aliphatic rings. The number of nitrogens with one attached hydrogen (secondary N) is 2. The molecule has 168 valence electrons. The summed E-state index contributed by atoms with van der Waals surface area (Å²) in [5, 5.41) is 5.53. The van der Waals surface area contributed by atoms with Crippen LogP contribution in [0, 0.1) is 13.8 Å². The molecular weight excluding hydrogens is 418 g/mol. The molecule has 1 aromatic heterocycles. The Labute approximate surface area is 192 Å². The van der Waals surface area contributed by atoms with E-state index in [0.29, 0.717) is 30.0 Å². The quantitative estimate of drug-likeness (QED) is 0.551. The number of carbonyl (C=O) groups is 3.